The molecule has 1 saturated heterocycles. The molecule has 0 aliphatic carbocycles. The first kappa shape index (κ1) is 13.0. The maximum atomic E-state index is 12.4. The van der Waals surface area contributed by atoms with Gasteiger partial charge < -0.3 is 15.8 Å². The number of aryl methyl sites for hydroxylation is 1. The maximum Gasteiger partial charge on any atom is 0.233 e. The van der Waals surface area contributed by atoms with Crippen LogP contribution >= 0.6 is 0 Å². The zero-order valence-electron chi connectivity index (χ0n) is 10.6. The lowest BCUT2D eigenvalue weighted by Gasteiger charge is -2.34. The Hall–Kier alpha value is -1.46. The number of anilines is 1. The Balaban J connectivity index is 2.13. The molecule has 0 bridgehead atoms. The third kappa shape index (κ3) is 2.52. The second-order valence-electron chi connectivity index (χ2n) is 4.72. The molecule has 0 spiro atoms. The number of pyridine rings is 1. The standard InChI is InChI=1S/C13H19N3O2/c1-10-3-2-6-15-11(10)16-12(17)13(9-14)4-7-18-8-5-13/h2-3,6H,4-5,7-9,14H2,1H3,(H,15,16,17). The van der Waals surface area contributed by atoms with Crippen LogP contribution in [0.4, 0.5) is 5.82 Å². The summed E-state index contributed by atoms with van der Waals surface area (Å²) in [6.07, 6.45) is 3.00. The molecule has 2 heterocycles. The van der Waals surface area contributed by atoms with Gasteiger partial charge in [-0.25, -0.2) is 4.98 Å². The molecule has 1 aliphatic heterocycles. The highest BCUT2D eigenvalue weighted by molar-refractivity contribution is 5.95. The van der Waals surface area contributed by atoms with Crippen LogP contribution in [0.3, 0.4) is 0 Å². The quantitative estimate of drug-likeness (QED) is 0.840. The van der Waals surface area contributed by atoms with Gasteiger partial charge in [0.05, 0.1) is 5.41 Å². The van der Waals surface area contributed by atoms with Gasteiger partial charge in [-0.2, -0.15) is 0 Å². The van der Waals surface area contributed by atoms with E-state index in [1.54, 1.807) is 6.20 Å². The molecule has 5 nitrogen and oxygen atoms in total. The molecule has 0 saturated carbocycles. The summed E-state index contributed by atoms with van der Waals surface area (Å²) in [5.74, 6) is 0.567. The third-order valence-electron chi connectivity index (χ3n) is 3.56. The number of amides is 1. The number of ether oxygens (including phenoxy) is 1. The Bertz CT molecular complexity index is 428. The maximum absolute atomic E-state index is 12.4. The highest BCUT2D eigenvalue weighted by Crippen LogP contribution is 2.30. The van der Waals surface area contributed by atoms with Crippen molar-refractivity contribution in [2.24, 2.45) is 11.1 Å². The highest BCUT2D eigenvalue weighted by Gasteiger charge is 2.39. The van der Waals surface area contributed by atoms with Crippen molar-refractivity contribution in [1.29, 1.82) is 0 Å². The van der Waals surface area contributed by atoms with Crippen molar-refractivity contribution in [3.8, 4) is 0 Å². The number of carbonyl (C=O) groups excluding carboxylic acids is 1. The fraction of sp³-hybridized carbons (Fsp3) is 0.538. The zero-order chi connectivity index (χ0) is 13.0. The molecule has 0 radical (unpaired) electrons. The van der Waals surface area contributed by atoms with E-state index >= 15 is 0 Å². The topological polar surface area (TPSA) is 77.2 Å². The van der Waals surface area contributed by atoms with Crippen LogP contribution in [0, 0.1) is 12.3 Å². The summed E-state index contributed by atoms with van der Waals surface area (Å²) < 4.78 is 5.30. The SMILES string of the molecule is Cc1cccnc1NC(=O)C1(CN)CCOCC1. The Kier molecular flexibility index (Phi) is 3.93. The number of nitrogens with two attached hydrogens (primary N) is 1. The summed E-state index contributed by atoms with van der Waals surface area (Å²) in [4.78, 5) is 16.6. The Morgan fingerprint density at radius 3 is 2.89 bits per heavy atom. The van der Waals surface area contributed by atoms with Crippen molar-refractivity contribution >= 4 is 11.7 Å². The van der Waals surface area contributed by atoms with E-state index in [1.807, 2.05) is 19.1 Å². The lowest BCUT2D eigenvalue weighted by atomic mass is 9.79. The number of rotatable bonds is 3. The van der Waals surface area contributed by atoms with Crippen LogP contribution in [-0.2, 0) is 9.53 Å². The number of hydrogen-bond acceptors (Lipinski definition) is 4. The van der Waals surface area contributed by atoms with Crippen LogP contribution in [0.2, 0.25) is 0 Å². The average Bonchev–Trinajstić information content (AvgIpc) is 2.42. The van der Waals surface area contributed by atoms with Crippen LogP contribution < -0.4 is 11.1 Å². The van der Waals surface area contributed by atoms with Gasteiger partial charge in [-0.3, -0.25) is 4.79 Å². The number of nitrogens with zero attached hydrogens (tertiary/aromatic N) is 1. The molecule has 5 heteroatoms. The minimum atomic E-state index is -0.512. The molecule has 1 aromatic rings. The van der Waals surface area contributed by atoms with Crippen molar-refractivity contribution in [1.82, 2.24) is 4.98 Å². The normalized spacial score (nSPS) is 18.3. The van der Waals surface area contributed by atoms with Gasteiger partial charge in [0.25, 0.3) is 0 Å². The monoisotopic (exact) mass is 249 g/mol. The molecule has 3 N–H and O–H groups in total. The van der Waals surface area contributed by atoms with E-state index in [9.17, 15) is 4.79 Å². The van der Waals surface area contributed by atoms with Crippen molar-refractivity contribution in [3.63, 3.8) is 0 Å². The number of carbonyl (C=O) groups is 1. The van der Waals surface area contributed by atoms with Gasteiger partial charge in [-0.1, -0.05) is 6.07 Å². The first-order chi connectivity index (χ1) is 8.68. The molecule has 98 valence electrons. The van der Waals surface area contributed by atoms with E-state index in [-0.39, 0.29) is 5.91 Å². The lowest BCUT2D eigenvalue weighted by molar-refractivity contribution is -0.130. The Morgan fingerprint density at radius 1 is 1.56 bits per heavy atom. The van der Waals surface area contributed by atoms with Crippen LogP contribution in [0.15, 0.2) is 18.3 Å². The minimum absolute atomic E-state index is 0.0462. The summed E-state index contributed by atoms with van der Waals surface area (Å²) in [7, 11) is 0. The van der Waals surface area contributed by atoms with Gasteiger partial charge >= 0.3 is 0 Å². The molecular formula is C13H19N3O2. The molecule has 18 heavy (non-hydrogen) atoms. The molecule has 1 aromatic heterocycles. The van der Waals surface area contributed by atoms with E-state index in [0.717, 1.165) is 5.56 Å². The first-order valence-corrected chi connectivity index (χ1v) is 6.19. The number of hydrogen-bond donors (Lipinski definition) is 2. The van der Waals surface area contributed by atoms with E-state index in [0.29, 0.717) is 38.4 Å². The van der Waals surface area contributed by atoms with Crippen LogP contribution in [0.1, 0.15) is 18.4 Å². The molecule has 0 unspecified atom stereocenters. The molecule has 1 aliphatic rings. The molecule has 2 rings (SSSR count). The number of nitrogens with one attached hydrogen (secondary N) is 1. The molecule has 0 aromatic carbocycles. The van der Waals surface area contributed by atoms with Gasteiger partial charge in [0.2, 0.25) is 5.91 Å². The van der Waals surface area contributed by atoms with E-state index < -0.39 is 5.41 Å². The summed E-state index contributed by atoms with van der Waals surface area (Å²) in [6.45, 7) is 3.44. The van der Waals surface area contributed by atoms with Gasteiger partial charge in [0.1, 0.15) is 5.82 Å². The first-order valence-electron chi connectivity index (χ1n) is 6.19. The van der Waals surface area contributed by atoms with Crippen LogP contribution in [0.25, 0.3) is 0 Å². The summed E-state index contributed by atoms with van der Waals surface area (Å²) in [6, 6.07) is 3.76. The Morgan fingerprint density at radius 2 is 2.28 bits per heavy atom. The van der Waals surface area contributed by atoms with Crippen LogP contribution in [0.5, 0.6) is 0 Å². The molecular weight excluding hydrogens is 230 g/mol. The largest absolute Gasteiger partial charge is 0.381 e. The van der Waals surface area contributed by atoms with Crippen LogP contribution in [-0.4, -0.2) is 30.6 Å². The number of aromatic nitrogens is 1. The summed E-state index contributed by atoms with van der Waals surface area (Å²) in [5, 5.41) is 2.89. The van der Waals surface area contributed by atoms with Gasteiger partial charge in [-0.05, 0) is 31.4 Å². The van der Waals surface area contributed by atoms with Crippen molar-refractivity contribution in [3.05, 3.63) is 23.9 Å². The zero-order valence-corrected chi connectivity index (χ0v) is 10.6. The Labute approximate surface area is 107 Å². The second-order valence-corrected chi connectivity index (χ2v) is 4.72. The fourth-order valence-corrected chi connectivity index (χ4v) is 2.14. The molecule has 1 amide bonds. The van der Waals surface area contributed by atoms with Gasteiger partial charge in [0.15, 0.2) is 0 Å². The summed E-state index contributed by atoms with van der Waals surface area (Å²) in [5.41, 5.74) is 6.23. The fourth-order valence-electron chi connectivity index (χ4n) is 2.14. The minimum Gasteiger partial charge on any atom is -0.381 e. The summed E-state index contributed by atoms with van der Waals surface area (Å²) >= 11 is 0. The third-order valence-corrected chi connectivity index (χ3v) is 3.56. The predicted octanol–water partition coefficient (Wildman–Crippen LogP) is 1.08. The predicted molar refractivity (Wildman–Crippen MR) is 69.1 cm³/mol. The van der Waals surface area contributed by atoms with E-state index in [4.69, 9.17) is 10.5 Å². The average molecular weight is 249 g/mol. The highest BCUT2D eigenvalue weighted by atomic mass is 16.5. The van der Waals surface area contributed by atoms with E-state index in [1.165, 1.54) is 0 Å². The van der Waals surface area contributed by atoms with Crippen molar-refractivity contribution < 1.29 is 9.53 Å². The van der Waals surface area contributed by atoms with Crippen molar-refractivity contribution in [2.75, 3.05) is 25.1 Å². The van der Waals surface area contributed by atoms with Gasteiger partial charge in [0, 0.05) is 26.0 Å². The van der Waals surface area contributed by atoms with Gasteiger partial charge in [-0.15, -0.1) is 0 Å². The van der Waals surface area contributed by atoms with Crippen molar-refractivity contribution in [2.45, 2.75) is 19.8 Å². The lowest BCUT2D eigenvalue weighted by Crippen LogP contribution is -2.46. The molecule has 1 fully saturated rings. The molecule has 0 atom stereocenters. The van der Waals surface area contributed by atoms with E-state index in [2.05, 4.69) is 10.3 Å². The second kappa shape index (κ2) is 5.46. The smallest absolute Gasteiger partial charge is 0.233 e.